The summed E-state index contributed by atoms with van der Waals surface area (Å²) >= 11 is 1.24. The lowest BCUT2D eigenvalue weighted by Gasteiger charge is -2.09. The highest BCUT2D eigenvalue weighted by molar-refractivity contribution is 7.13. The summed E-state index contributed by atoms with van der Waals surface area (Å²) in [4.78, 5) is 21.7. The Morgan fingerprint density at radius 1 is 1.23 bits per heavy atom. The number of para-hydroxylation sites is 1. The summed E-state index contributed by atoms with van der Waals surface area (Å²) in [5.74, 6) is 0.473. The van der Waals surface area contributed by atoms with Crippen molar-refractivity contribution in [2.24, 2.45) is 0 Å². The molecule has 0 saturated heterocycles. The molecule has 0 aliphatic rings. The van der Waals surface area contributed by atoms with Crippen LogP contribution in [0.2, 0.25) is 0 Å². The fraction of sp³-hybridized carbons (Fsp3) is 0.158. The minimum Gasteiger partial charge on any atom is -0.383 e. The average Bonchev–Trinajstić information content (AvgIpc) is 3.44. The van der Waals surface area contributed by atoms with E-state index in [0.717, 1.165) is 10.9 Å². The van der Waals surface area contributed by atoms with Crippen LogP contribution >= 0.6 is 11.3 Å². The molecule has 150 valence electrons. The van der Waals surface area contributed by atoms with Crippen molar-refractivity contribution in [2.75, 3.05) is 11.1 Å². The van der Waals surface area contributed by atoms with Crippen LogP contribution in [0.15, 0.2) is 42.2 Å². The lowest BCUT2D eigenvalue weighted by atomic mass is 10.2. The molecule has 5 aromatic rings. The molecule has 1 amide bonds. The summed E-state index contributed by atoms with van der Waals surface area (Å²) in [5.41, 5.74) is 9.60. The van der Waals surface area contributed by atoms with Crippen LogP contribution in [0, 0.1) is 0 Å². The maximum atomic E-state index is 13.1. The van der Waals surface area contributed by atoms with E-state index in [0.29, 0.717) is 33.5 Å². The van der Waals surface area contributed by atoms with E-state index in [1.54, 1.807) is 14.8 Å². The Hall–Kier alpha value is -3.86. The molecule has 5 rings (SSSR count). The maximum Gasteiger partial charge on any atom is 0.274 e. The summed E-state index contributed by atoms with van der Waals surface area (Å²) in [7, 11) is 0. The van der Waals surface area contributed by atoms with E-state index < -0.39 is 0 Å². The largest absolute Gasteiger partial charge is 0.383 e. The van der Waals surface area contributed by atoms with Crippen molar-refractivity contribution in [2.45, 2.75) is 19.9 Å². The highest BCUT2D eigenvalue weighted by Crippen LogP contribution is 2.32. The number of anilines is 2. The molecule has 0 bridgehead atoms. The van der Waals surface area contributed by atoms with Crippen LogP contribution in [-0.4, -0.2) is 40.4 Å². The second-order valence-electron chi connectivity index (χ2n) is 6.94. The van der Waals surface area contributed by atoms with E-state index in [4.69, 9.17) is 10.8 Å². The number of benzene rings is 1. The van der Waals surface area contributed by atoms with Crippen molar-refractivity contribution in [1.29, 1.82) is 0 Å². The molecule has 30 heavy (non-hydrogen) atoms. The van der Waals surface area contributed by atoms with Crippen molar-refractivity contribution >= 4 is 50.1 Å². The van der Waals surface area contributed by atoms with Crippen molar-refractivity contribution in [3.63, 3.8) is 0 Å². The third-order valence-electron chi connectivity index (χ3n) is 4.72. The van der Waals surface area contributed by atoms with Crippen LogP contribution in [-0.2, 0) is 0 Å². The molecule has 0 saturated carbocycles. The third-order valence-corrected chi connectivity index (χ3v) is 5.33. The summed E-state index contributed by atoms with van der Waals surface area (Å²) in [6, 6.07) is 9.54. The molecule has 10 nitrogen and oxygen atoms in total. The molecule has 0 aliphatic heterocycles. The first-order valence-corrected chi connectivity index (χ1v) is 10.1. The van der Waals surface area contributed by atoms with Crippen molar-refractivity contribution < 1.29 is 4.79 Å². The van der Waals surface area contributed by atoms with Crippen molar-refractivity contribution in [3.8, 4) is 5.82 Å². The van der Waals surface area contributed by atoms with Crippen molar-refractivity contribution in [3.05, 3.63) is 47.9 Å². The predicted molar refractivity (Wildman–Crippen MR) is 115 cm³/mol. The average molecular weight is 419 g/mol. The smallest absolute Gasteiger partial charge is 0.274 e. The minimum atomic E-state index is -0.328. The highest BCUT2D eigenvalue weighted by Gasteiger charge is 2.24. The van der Waals surface area contributed by atoms with Gasteiger partial charge in [-0.3, -0.25) is 14.7 Å². The maximum absolute atomic E-state index is 13.1. The molecule has 0 aliphatic carbocycles. The Bertz CT molecular complexity index is 1380. The number of nitrogen functional groups attached to an aromatic ring is 1. The van der Waals surface area contributed by atoms with Crippen LogP contribution in [0.25, 0.3) is 27.8 Å². The molecule has 0 radical (unpaired) electrons. The molecule has 0 unspecified atom stereocenters. The second-order valence-corrected chi connectivity index (χ2v) is 7.77. The Kier molecular flexibility index (Phi) is 4.17. The minimum absolute atomic E-state index is 0.0380. The van der Waals surface area contributed by atoms with Crippen LogP contribution in [0.5, 0.6) is 0 Å². The molecule has 3 N–H and O–H groups in total. The Morgan fingerprint density at radius 2 is 2.07 bits per heavy atom. The van der Waals surface area contributed by atoms with Gasteiger partial charge in [0.1, 0.15) is 28.7 Å². The van der Waals surface area contributed by atoms with Crippen LogP contribution in [0.4, 0.5) is 10.9 Å². The van der Waals surface area contributed by atoms with Gasteiger partial charge in [0.05, 0.1) is 5.52 Å². The molecular weight excluding hydrogens is 402 g/mol. The number of amides is 1. The highest BCUT2D eigenvalue weighted by atomic mass is 32.1. The fourth-order valence-corrected chi connectivity index (χ4v) is 3.87. The quantitative estimate of drug-likeness (QED) is 0.458. The molecule has 4 aromatic heterocycles. The van der Waals surface area contributed by atoms with Gasteiger partial charge in [0.2, 0.25) is 5.13 Å². The van der Waals surface area contributed by atoms with E-state index in [1.807, 2.05) is 44.2 Å². The summed E-state index contributed by atoms with van der Waals surface area (Å²) in [6.07, 6.45) is 1.42. The van der Waals surface area contributed by atoms with E-state index >= 15 is 0 Å². The Labute approximate surface area is 174 Å². The van der Waals surface area contributed by atoms with Gasteiger partial charge in [-0.15, -0.1) is 10.2 Å². The van der Waals surface area contributed by atoms with Crippen LogP contribution < -0.4 is 11.1 Å². The molecule has 11 heteroatoms. The van der Waals surface area contributed by atoms with E-state index in [2.05, 4.69) is 25.5 Å². The molecule has 0 spiro atoms. The molecular formula is C19H17N9OS. The van der Waals surface area contributed by atoms with E-state index in [1.165, 1.54) is 17.7 Å². The number of fused-ring (bicyclic) bond motifs is 2. The number of nitrogens with one attached hydrogen (secondary N) is 1. The number of carbonyl (C=O) groups is 1. The number of hydrogen-bond acceptors (Lipinski definition) is 8. The van der Waals surface area contributed by atoms with Crippen LogP contribution in [0.1, 0.15) is 30.4 Å². The van der Waals surface area contributed by atoms with Gasteiger partial charge in [0.25, 0.3) is 5.91 Å². The number of hydrogen-bond donors (Lipinski definition) is 2. The number of carbonyl (C=O) groups excluding carboxylic acids is 1. The molecule has 1 aromatic carbocycles. The fourth-order valence-electron chi connectivity index (χ4n) is 3.43. The van der Waals surface area contributed by atoms with E-state index in [9.17, 15) is 4.79 Å². The monoisotopic (exact) mass is 419 g/mol. The summed E-state index contributed by atoms with van der Waals surface area (Å²) in [5, 5.41) is 17.1. The zero-order valence-corrected chi connectivity index (χ0v) is 17.0. The lowest BCUT2D eigenvalue weighted by molar-refractivity contribution is 0.102. The molecule has 4 heterocycles. The van der Waals surface area contributed by atoms with Gasteiger partial charge in [0.15, 0.2) is 11.5 Å². The van der Waals surface area contributed by atoms with Gasteiger partial charge >= 0.3 is 0 Å². The summed E-state index contributed by atoms with van der Waals surface area (Å²) in [6.45, 7) is 4.01. The topological polar surface area (TPSA) is 129 Å². The van der Waals surface area contributed by atoms with Gasteiger partial charge in [-0.05, 0) is 26.0 Å². The molecule has 0 atom stereocenters. The first-order valence-electron chi connectivity index (χ1n) is 9.21. The lowest BCUT2D eigenvalue weighted by Crippen LogP contribution is -2.17. The Morgan fingerprint density at radius 3 is 2.83 bits per heavy atom. The standard InChI is InChI=1S/C19H17N9OS/c1-10(2)28-16-14(15(20)21-8-22-16)17(26-28)27-12-6-4-3-5-11(12)7-13(27)18(29)24-19-25-23-9-30-19/h3-10H,1-2H3,(H2,20,21,22)(H,24,25,29). The predicted octanol–water partition coefficient (Wildman–Crippen LogP) is 3.04. The van der Waals surface area contributed by atoms with Crippen molar-refractivity contribution in [1.82, 2.24) is 34.5 Å². The third kappa shape index (κ3) is 2.78. The van der Waals surface area contributed by atoms with Crippen LogP contribution in [0.3, 0.4) is 0 Å². The van der Waals surface area contributed by atoms with Gasteiger partial charge in [0, 0.05) is 11.4 Å². The number of rotatable bonds is 4. The van der Waals surface area contributed by atoms with Gasteiger partial charge in [-0.1, -0.05) is 29.5 Å². The first kappa shape index (κ1) is 18.2. The summed E-state index contributed by atoms with van der Waals surface area (Å²) < 4.78 is 3.57. The second kappa shape index (κ2) is 6.88. The molecule has 0 fully saturated rings. The van der Waals surface area contributed by atoms with E-state index in [-0.39, 0.29) is 11.9 Å². The first-order chi connectivity index (χ1) is 14.5. The number of nitrogens with zero attached hydrogens (tertiary/aromatic N) is 7. The normalized spacial score (nSPS) is 11.6. The van der Waals surface area contributed by atoms with Gasteiger partial charge in [-0.25, -0.2) is 14.6 Å². The number of nitrogens with two attached hydrogens (primary N) is 1. The SMILES string of the molecule is CC(C)n1nc(-n2c(C(=O)Nc3nncs3)cc3ccccc32)c2c(N)ncnc21. The Balaban J connectivity index is 1.80. The zero-order valence-electron chi connectivity index (χ0n) is 16.1. The zero-order chi connectivity index (χ0) is 20.8. The van der Waals surface area contributed by atoms with Gasteiger partial charge in [-0.2, -0.15) is 5.10 Å². The number of aromatic nitrogens is 7. The van der Waals surface area contributed by atoms with Gasteiger partial charge < -0.3 is 5.73 Å².